The molecule has 0 aliphatic carbocycles. The molecule has 0 saturated heterocycles. The highest BCUT2D eigenvalue weighted by molar-refractivity contribution is 4.78. The van der Waals surface area contributed by atoms with E-state index in [1.54, 1.807) is 0 Å². The Hall–Kier alpha value is -0.250. The highest BCUT2D eigenvalue weighted by atomic mass is 19.4. The van der Waals surface area contributed by atoms with Crippen LogP contribution in [0.15, 0.2) is 0 Å². The van der Waals surface area contributed by atoms with Crippen LogP contribution in [0.2, 0.25) is 0 Å². The summed E-state index contributed by atoms with van der Waals surface area (Å²) in [6.45, 7) is 13.8. The van der Waals surface area contributed by atoms with Crippen LogP contribution in [-0.2, 0) is 4.74 Å². The van der Waals surface area contributed by atoms with Crippen LogP contribution < -0.4 is 0 Å². The lowest BCUT2D eigenvalue weighted by Crippen LogP contribution is -2.42. The molecule has 0 aliphatic heterocycles. The van der Waals surface area contributed by atoms with E-state index in [2.05, 4.69) is 0 Å². The Balaban J connectivity index is -0.000000376. The molecule has 0 aliphatic rings. The zero-order valence-corrected chi connectivity index (χ0v) is 11.8. The van der Waals surface area contributed by atoms with Gasteiger partial charge in [-0.05, 0) is 19.8 Å². The average Bonchev–Trinajstić information content (AvgIpc) is 2.19. The number of ether oxygens (including phenoxy) is 1. The lowest BCUT2D eigenvalue weighted by atomic mass is 10.1. The second-order valence-corrected chi connectivity index (χ2v) is 3.71. The van der Waals surface area contributed by atoms with Crippen LogP contribution in [-0.4, -0.2) is 18.4 Å². The first-order chi connectivity index (χ1) is 7.17. The third kappa shape index (κ3) is 10.3. The summed E-state index contributed by atoms with van der Waals surface area (Å²) in [6.07, 6.45) is -4.29. The monoisotopic (exact) mass is 244 g/mol. The first-order valence-electron chi connectivity index (χ1n) is 5.87. The number of halogens is 3. The molecule has 0 fully saturated rings. The second-order valence-electron chi connectivity index (χ2n) is 3.71. The fourth-order valence-electron chi connectivity index (χ4n) is 0.457. The van der Waals surface area contributed by atoms with Gasteiger partial charge >= 0.3 is 6.18 Å². The fourth-order valence-corrected chi connectivity index (χ4v) is 0.457. The number of alkyl halides is 3. The van der Waals surface area contributed by atoms with Gasteiger partial charge in [0.05, 0.1) is 6.61 Å². The van der Waals surface area contributed by atoms with E-state index in [0.717, 1.165) is 13.8 Å². The SMILES string of the molecule is CC.CC.CC(C)COC(C)(C)C(F)(F)F. The van der Waals surface area contributed by atoms with Gasteiger partial charge in [-0.2, -0.15) is 13.2 Å². The van der Waals surface area contributed by atoms with Crippen LogP contribution in [0.3, 0.4) is 0 Å². The first kappa shape index (κ1) is 21.1. The Morgan fingerprint density at radius 3 is 1.44 bits per heavy atom. The molecule has 0 N–H and O–H groups in total. The van der Waals surface area contributed by atoms with Crippen LogP contribution in [0, 0.1) is 5.92 Å². The molecule has 0 aromatic heterocycles. The van der Waals surface area contributed by atoms with Crippen LogP contribution in [0.5, 0.6) is 0 Å². The molecule has 0 amide bonds. The molecule has 4 heteroatoms. The Morgan fingerprint density at radius 2 is 1.25 bits per heavy atom. The molecule has 0 spiro atoms. The van der Waals surface area contributed by atoms with Gasteiger partial charge in [-0.3, -0.25) is 0 Å². The van der Waals surface area contributed by atoms with E-state index in [4.69, 9.17) is 4.74 Å². The summed E-state index contributed by atoms with van der Waals surface area (Å²) >= 11 is 0. The average molecular weight is 244 g/mol. The summed E-state index contributed by atoms with van der Waals surface area (Å²) in [5.74, 6) is 0.117. The van der Waals surface area contributed by atoms with Crippen molar-refractivity contribution in [1.29, 1.82) is 0 Å². The summed E-state index contributed by atoms with van der Waals surface area (Å²) in [5.41, 5.74) is -2.03. The summed E-state index contributed by atoms with van der Waals surface area (Å²) in [7, 11) is 0. The van der Waals surface area contributed by atoms with E-state index in [1.165, 1.54) is 0 Å². The smallest absolute Gasteiger partial charge is 0.366 e. The lowest BCUT2D eigenvalue weighted by molar-refractivity contribution is -0.265. The number of rotatable bonds is 3. The van der Waals surface area contributed by atoms with Gasteiger partial charge in [0.15, 0.2) is 5.60 Å². The van der Waals surface area contributed by atoms with Crippen LogP contribution in [0.4, 0.5) is 13.2 Å². The van der Waals surface area contributed by atoms with Crippen molar-refractivity contribution in [3.05, 3.63) is 0 Å². The highest BCUT2D eigenvalue weighted by Crippen LogP contribution is 2.32. The molecule has 0 aromatic carbocycles. The standard InChI is InChI=1S/C8H15F3O.2C2H6/c1-6(2)5-12-7(3,4)8(9,10)11;2*1-2/h6H,5H2,1-4H3;2*1-2H3. The molecule has 102 valence electrons. The number of hydrogen-bond acceptors (Lipinski definition) is 1. The van der Waals surface area contributed by atoms with Gasteiger partial charge in [0.2, 0.25) is 0 Å². The van der Waals surface area contributed by atoms with E-state index in [-0.39, 0.29) is 12.5 Å². The Labute approximate surface area is 98.4 Å². The number of hydrogen-bond donors (Lipinski definition) is 0. The lowest BCUT2D eigenvalue weighted by Gasteiger charge is -2.28. The van der Waals surface area contributed by atoms with Crippen molar-refractivity contribution in [1.82, 2.24) is 0 Å². The molecule has 0 bridgehead atoms. The second kappa shape index (κ2) is 9.94. The van der Waals surface area contributed by atoms with E-state index in [9.17, 15) is 13.2 Å². The molecule has 0 aromatic rings. The zero-order chi connectivity index (χ0) is 14.0. The quantitative estimate of drug-likeness (QED) is 0.674. The zero-order valence-electron chi connectivity index (χ0n) is 11.8. The Kier molecular flexibility index (Phi) is 13.1. The summed E-state index contributed by atoms with van der Waals surface area (Å²) in [6, 6.07) is 0. The van der Waals surface area contributed by atoms with Gasteiger partial charge in [-0.1, -0.05) is 41.5 Å². The molecule has 0 rings (SSSR count). The van der Waals surface area contributed by atoms with Crippen molar-refractivity contribution < 1.29 is 17.9 Å². The minimum absolute atomic E-state index is 0.117. The van der Waals surface area contributed by atoms with Crippen LogP contribution >= 0.6 is 0 Å². The highest BCUT2D eigenvalue weighted by Gasteiger charge is 2.48. The van der Waals surface area contributed by atoms with Gasteiger partial charge in [0, 0.05) is 0 Å². The molecule has 0 atom stereocenters. The Bertz CT molecular complexity index is 140. The van der Waals surface area contributed by atoms with Crippen molar-refractivity contribution in [3.8, 4) is 0 Å². The maximum absolute atomic E-state index is 12.2. The van der Waals surface area contributed by atoms with Crippen molar-refractivity contribution in [2.24, 2.45) is 5.92 Å². The van der Waals surface area contributed by atoms with E-state index in [0.29, 0.717) is 0 Å². The third-order valence-electron chi connectivity index (χ3n) is 1.46. The van der Waals surface area contributed by atoms with Crippen molar-refractivity contribution in [3.63, 3.8) is 0 Å². The van der Waals surface area contributed by atoms with Gasteiger partial charge in [-0.25, -0.2) is 0 Å². The predicted octanol–water partition coefficient (Wildman–Crippen LogP) is 5.05. The molecule has 0 saturated carbocycles. The minimum Gasteiger partial charge on any atom is -0.366 e. The Morgan fingerprint density at radius 1 is 0.938 bits per heavy atom. The minimum atomic E-state index is -4.29. The van der Waals surface area contributed by atoms with E-state index >= 15 is 0 Å². The summed E-state index contributed by atoms with van der Waals surface area (Å²) < 4.78 is 41.2. The topological polar surface area (TPSA) is 9.23 Å². The van der Waals surface area contributed by atoms with Gasteiger partial charge in [-0.15, -0.1) is 0 Å². The largest absolute Gasteiger partial charge is 0.416 e. The molecule has 0 unspecified atom stereocenters. The normalized spacial score (nSPS) is 11.2. The molecule has 1 nitrogen and oxygen atoms in total. The van der Waals surface area contributed by atoms with Crippen LogP contribution in [0.25, 0.3) is 0 Å². The maximum atomic E-state index is 12.2. The van der Waals surface area contributed by atoms with E-state index in [1.807, 2.05) is 41.5 Å². The third-order valence-corrected chi connectivity index (χ3v) is 1.46. The predicted molar refractivity (Wildman–Crippen MR) is 63.6 cm³/mol. The summed E-state index contributed by atoms with van der Waals surface area (Å²) in [5, 5.41) is 0. The van der Waals surface area contributed by atoms with Gasteiger partial charge < -0.3 is 4.74 Å². The van der Waals surface area contributed by atoms with Crippen molar-refractivity contribution >= 4 is 0 Å². The molecule has 0 heterocycles. The van der Waals surface area contributed by atoms with Gasteiger partial charge in [0.25, 0.3) is 0 Å². The summed E-state index contributed by atoms with van der Waals surface area (Å²) in [4.78, 5) is 0. The van der Waals surface area contributed by atoms with Crippen molar-refractivity contribution in [2.45, 2.75) is 67.2 Å². The first-order valence-corrected chi connectivity index (χ1v) is 5.87. The van der Waals surface area contributed by atoms with Gasteiger partial charge in [0.1, 0.15) is 0 Å². The maximum Gasteiger partial charge on any atom is 0.416 e. The fraction of sp³-hybridized carbons (Fsp3) is 1.00. The van der Waals surface area contributed by atoms with E-state index < -0.39 is 11.8 Å². The molecule has 0 radical (unpaired) electrons. The molecular weight excluding hydrogens is 217 g/mol. The molecular formula is C12H27F3O. The van der Waals surface area contributed by atoms with Crippen molar-refractivity contribution in [2.75, 3.05) is 6.61 Å². The molecule has 16 heavy (non-hydrogen) atoms. The van der Waals surface area contributed by atoms with Crippen LogP contribution in [0.1, 0.15) is 55.4 Å².